The van der Waals surface area contributed by atoms with Crippen LogP contribution in [0.1, 0.15) is 16.9 Å². The number of rotatable bonds is 5. The molecule has 8 nitrogen and oxygen atoms in total. The van der Waals surface area contributed by atoms with Crippen molar-refractivity contribution in [2.45, 2.75) is 12.5 Å². The third-order valence-corrected chi connectivity index (χ3v) is 2.98. The van der Waals surface area contributed by atoms with Gasteiger partial charge in [0, 0.05) is 12.4 Å². The van der Waals surface area contributed by atoms with Gasteiger partial charge in [-0.15, -0.1) is 0 Å². The Morgan fingerprint density at radius 2 is 2.05 bits per heavy atom. The minimum absolute atomic E-state index is 0.101. The number of carbonyl (C=O) groups is 3. The number of para-hydroxylation sites is 1. The number of aromatic nitrogens is 2. The van der Waals surface area contributed by atoms with Crippen molar-refractivity contribution in [3.8, 4) is 0 Å². The van der Waals surface area contributed by atoms with Crippen molar-refractivity contribution in [1.82, 2.24) is 15.1 Å². The van der Waals surface area contributed by atoms with E-state index in [1.54, 1.807) is 31.3 Å². The molecule has 1 atom stereocenters. The average molecular weight is 290 g/mol. The molecule has 2 rings (SSSR count). The number of benzene rings is 1. The molecule has 1 heterocycles. The fourth-order valence-electron chi connectivity index (χ4n) is 2.01. The van der Waals surface area contributed by atoms with Crippen LogP contribution in [0.4, 0.5) is 0 Å². The molecule has 21 heavy (non-hydrogen) atoms. The number of nitrogens with two attached hydrogens (primary N) is 1. The van der Waals surface area contributed by atoms with Gasteiger partial charge in [0.2, 0.25) is 5.91 Å². The van der Waals surface area contributed by atoms with Crippen LogP contribution < -0.4 is 11.1 Å². The van der Waals surface area contributed by atoms with Crippen molar-refractivity contribution in [3.05, 3.63) is 30.0 Å². The molecular weight excluding hydrogens is 276 g/mol. The van der Waals surface area contributed by atoms with Gasteiger partial charge in [0.05, 0.1) is 11.9 Å². The Balaban J connectivity index is 2.30. The molecule has 1 aromatic carbocycles. The number of carboxylic acid groups (broad SMARTS) is 1. The number of carboxylic acids is 1. The number of nitrogens with one attached hydrogen (secondary N) is 1. The number of nitrogens with zero attached hydrogens (tertiary/aromatic N) is 2. The second-order valence-electron chi connectivity index (χ2n) is 4.52. The Hall–Kier alpha value is -2.90. The lowest BCUT2D eigenvalue weighted by Crippen LogP contribution is -2.43. The van der Waals surface area contributed by atoms with E-state index in [1.807, 2.05) is 0 Å². The molecule has 110 valence electrons. The second-order valence-corrected chi connectivity index (χ2v) is 4.52. The van der Waals surface area contributed by atoms with Gasteiger partial charge in [0.25, 0.3) is 5.91 Å². The van der Waals surface area contributed by atoms with E-state index in [2.05, 4.69) is 10.4 Å². The fourth-order valence-corrected chi connectivity index (χ4v) is 2.01. The normalized spacial score (nSPS) is 12.0. The molecule has 4 N–H and O–H groups in total. The Morgan fingerprint density at radius 3 is 2.67 bits per heavy atom. The molecule has 0 aliphatic heterocycles. The summed E-state index contributed by atoms with van der Waals surface area (Å²) in [5.74, 6) is -2.81. The van der Waals surface area contributed by atoms with Gasteiger partial charge in [-0.25, -0.2) is 4.79 Å². The molecule has 0 saturated heterocycles. The second kappa shape index (κ2) is 5.61. The zero-order valence-electron chi connectivity index (χ0n) is 11.2. The summed E-state index contributed by atoms with van der Waals surface area (Å²) in [6, 6.07) is 5.67. The molecule has 0 fully saturated rings. The van der Waals surface area contributed by atoms with Gasteiger partial charge >= 0.3 is 5.97 Å². The highest BCUT2D eigenvalue weighted by Gasteiger charge is 2.25. The standard InChI is InChI=1S/C13H14N4O4/c1-17-9-5-3-2-4-7(9)11(16-17)12(19)15-8(13(20)21)6-10(14)18/h2-5,8H,6H2,1H3,(H2,14,18)(H,15,19)(H,20,21). The van der Waals surface area contributed by atoms with E-state index < -0.39 is 30.2 Å². The number of fused-ring (bicyclic) bond motifs is 1. The van der Waals surface area contributed by atoms with E-state index in [-0.39, 0.29) is 5.69 Å². The average Bonchev–Trinajstić information content (AvgIpc) is 2.75. The summed E-state index contributed by atoms with van der Waals surface area (Å²) in [5, 5.41) is 15.9. The number of aliphatic carboxylic acids is 1. The SMILES string of the molecule is Cn1nc(C(=O)NC(CC(N)=O)C(=O)O)c2ccccc21. The molecular formula is C13H14N4O4. The first-order valence-corrected chi connectivity index (χ1v) is 6.14. The third-order valence-electron chi connectivity index (χ3n) is 2.98. The molecule has 1 unspecified atom stereocenters. The Labute approximate surface area is 119 Å². The molecule has 0 radical (unpaired) electrons. The molecule has 0 spiro atoms. The van der Waals surface area contributed by atoms with Crippen molar-refractivity contribution >= 4 is 28.7 Å². The lowest BCUT2D eigenvalue weighted by atomic mass is 10.1. The topological polar surface area (TPSA) is 127 Å². The quantitative estimate of drug-likeness (QED) is 0.692. The molecule has 0 saturated carbocycles. The van der Waals surface area contributed by atoms with Gasteiger partial charge < -0.3 is 16.2 Å². The zero-order chi connectivity index (χ0) is 15.6. The highest BCUT2D eigenvalue weighted by atomic mass is 16.4. The maximum atomic E-state index is 12.2. The van der Waals surface area contributed by atoms with Crippen LogP contribution in [-0.2, 0) is 16.6 Å². The van der Waals surface area contributed by atoms with Crippen LogP contribution in [0, 0.1) is 0 Å². The van der Waals surface area contributed by atoms with Crippen molar-refractivity contribution in [1.29, 1.82) is 0 Å². The van der Waals surface area contributed by atoms with E-state index in [0.717, 1.165) is 5.52 Å². The smallest absolute Gasteiger partial charge is 0.326 e. The summed E-state index contributed by atoms with van der Waals surface area (Å²) in [4.78, 5) is 34.0. The van der Waals surface area contributed by atoms with E-state index >= 15 is 0 Å². The van der Waals surface area contributed by atoms with Crippen LogP contribution in [0.3, 0.4) is 0 Å². The molecule has 0 aliphatic rings. The minimum atomic E-state index is -1.38. The summed E-state index contributed by atoms with van der Waals surface area (Å²) < 4.78 is 1.52. The maximum absolute atomic E-state index is 12.2. The van der Waals surface area contributed by atoms with E-state index in [1.165, 1.54) is 4.68 Å². The van der Waals surface area contributed by atoms with Gasteiger partial charge in [-0.2, -0.15) is 5.10 Å². The van der Waals surface area contributed by atoms with E-state index in [9.17, 15) is 14.4 Å². The van der Waals surface area contributed by atoms with E-state index in [0.29, 0.717) is 5.39 Å². The molecule has 1 aromatic heterocycles. The molecule has 2 amide bonds. The summed E-state index contributed by atoms with van der Waals surface area (Å²) in [6.45, 7) is 0. The van der Waals surface area contributed by atoms with Crippen molar-refractivity contribution in [3.63, 3.8) is 0 Å². The first kappa shape index (κ1) is 14.5. The Bertz CT molecular complexity index is 722. The number of hydrogen-bond acceptors (Lipinski definition) is 4. The maximum Gasteiger partial charge on any atom is 0.326 e. The van der Waals surface area contributed by atoms with Gasteiger partial charge in [0.15, 0.2) is 5.69 Å². The number of aryl methyl sites for hydroxylation is 1. The molecule has 8 heteroatoms. The summed E-state index contributed by atoms with van der Waals surface area (Å²) in [6.07, 6.45) is -0.480. The van der Waals surface area contributed by atoms with Crippen LogP contribution in [0.5, 0.6) is 0 Å². The van der Waals surface area contributed by atoms with Gasteiger partial charge in [0.1, 0.15) is 6.04 Å². The van der Waals surface area contributed by atoms with Crippen molar-refractivity contribution in [2.75, 3.05) is 0 Å². The third kappa shape index (κ3) is 2.99. The predicted octanol–water partition coefficient (Wildman–Crippen LogP) is -0.368. The van der Waals surface area contributed by atoms with Crippen LogP contribution in [0.15, 0.2) is 24.3 Å². The Kier molecular flexibility index (Phi) is 3.88. The first-order valence-electron chi connectivity index (χ1n) is 6.14. The first-order chi connectivity index (χ1) is 9.90. The fraction of sp³-hybridized carbons (Fsp3) is 0.231. The number of hydrogen-bond donors (Lipinski definition) is 3. The van der Waals surface area contributed by atoms with Crippen molar-refractivity contribution < 1.29 is 19.5 Å². The van der Waals surface area contributed by atoms with Gasteiger partial charge in [-0.05, 0) is 6.07 Å². The van der Waals surface area contributed by atoms with Gasteiger partial charge in [-0.3, -0.25) is 14.3 Å². The number of carbonyl (C=O) groups excluding carboxylic acids is 2. The Morgan fingerprint density at radius 1 is 1.38 bits per heavy atom. The minimum Gasteiger partial charge on any atom is -0.480 e. The summed E-state index contributed by atoms with van der Waals surface area (Å²) in [5.41, 5.74) is 5.81. The van der Waals surface area contributed by atoms with Crippen LogP contribution in [-0.4, -0.2) is 38.7 Å². The van der Waals surface area contributed by atoms with Crippen LogP contribution >= 0.6 is 0 Å². The van der Waals surface area contributed by atoms with Gasteiger partial charge in [-0.1, -0.05) is 18.2 Å². The highest BCUT2D eigenvalue weighted by molar-refractivity contribution is 6.06. The lowest BCUT2D eigenvalue weighted by molar-refractivity contribution is -0.140. The number of amides is 2. The predicted molar refractivity (Wildman–Crippen MR) is 73.4 cm³/mol. The lowest BCUT2D eigenvalue weighted by Gasteiger charge is -2.11. The van der Waals surface area contributed by atoms with E-state index in [4.69, 9.17) is 10.8 Å². The summed E-state index contributed by atoms with van der Waals surface area (Å²) >= 11 is 0. The molecule has 0 bridgehead atoms. The van der Waals surface area contributed by atoms with Crippen LogP contribution in [0.2, 0.25) is 0 Å². The molecule has 0 aliphatic carbocycles. The summed E-state index contributed by atoms with van der Waals surface area (Å²) in [7, 11) is 1.68. The largest absolute Gasteiger partial charge is 0.480 e. The number of primary amides is 1. The zero-order valence-corrected chi connectivity index (χ0v) is 11.2. The highest BCUT2D eigenvalue weighted by Crippen LogP contribution is 2.17. The molecule has 2 aromatic rings. The van der Waals surface area contributed by atoms with Crippen molar-refractivity contribution in [2.24, 2.45) is 12.8 Å². The monoisotopic (exact) mass is 290 g/mol. The van der Waals surface area contributed by atoms with Crippen LogP contribution in [0.25, 0.3) is 10.9 Å².